The van der Waals surface area contributed by atoms with Gasteiger partial charge in [0.05, 0.1) is 29.9 Å². The molecule has 1 amide bonds. The third-order valence-electron chi connectivity index (χ3n) is 4.85. The van der Waals surface area contributed by atoms with E-state index in [2.05, 4.69) is 5.32 Å². The van der Waals surface area contributed by atoms with Gasteiger partial charge < -0.3 is 15.2 Å². The van der Waals surface area contributed by atoms with Crippen LogP contribution in [0, 0.1) is 10.1 Å². The average molecular weight is 482 g/mol. The second kappa shape index (κ2) is 11.3. The lowest BCUT2D eigenvalue weighted by Crippen LogP contribution is -2.46. The second-order valence-electron chi connectivity index (χ2n) is 7.22. The van der Waals surface area contributed by atoms with E-state index in [9.17, 15) is 42.8 Å². The lowest BCUT2D eigenvalue weighted by atomic mass is 9.88. The van der Waals surface area contributed by atoms with Crippen LogP contribution in [0.3, 0.4) is 0 Å². The molecule has 0 saturated carbocycles. The monoisotopic (exact) mass is 482 g/mol. The fourth-order valence-corrected chi connectivity index (χ4v) is 3.23. The molecule has 0 radical (unpaired) electrons. The molecule has 2 N–H and O–H groups in total. The number of carboxylic acids is 1. The number of carboxylic acid groups (broad SMARTS) is 1. The Bertz CT molecular complexity index is 1040. The second-order valence-corrected chi connectivity index (χ2v) is 7.22. The normalized spacial score (nSPS) is 12.9. The molecule has 0 aliphatic heterocycles. The summed E-state index contributed by atoms with van der Waals surface area (Å²) in [6.07, 6.45) is -5.39. The number of rotatable bonds is 10. The number of nitrogens with one attached hydrogen (secondary N) is 1. The van der Waals surface area contributed by atoms with Crippen molar-refractivity contribution in [3.05, 3.63) is 75.3 Å². The maximum atomic E-state index is 12.7. The van der Waals surface area contributed by atoms with Crippen molar-refractivity contribution in [2.75, 3.05) is 6.61 Å². The maximum absolute atomic E-state index is 12.7. The van der Waals surface area contributed by atoms with Gasteiger partial charge in [-0.1, -0.05) is 24.3 Å². The van der Waals surface area contributed by atoms with E-state index in [0.717, 1.165) is 36.4 Å². The van der Waals surface area contributed by atoms with E-state index in [1.54, 1.807) is 6.92 Å². The Balaban J connectivity index is 2.26. The minimum atomic E-state index is -4.54. The number of nitro groups is 1. The predicted molar refractivity (Wildman–Crippen MR) is 112 cm³/mol. The highest BCUT2D eigenvalue weighted by atomic mass is 19.4. The Labute approximate surface area is 191 Å². The number of esters is 1. The predicted octanol–water partition coefficient (Wildman–Crippen LogP) is 3.46. The zero-order valence-electron chi connectivity index (χ0n) is 17.9. The topological polar surface area (TPSA) is 136 Å². The zero-order valence-corrected chi connectivity index (χ0v) is 17.9. The summed E-state index contributed by atoms with van der Waals surface area (Å²) in [7, 11) is 0. The number of alkyl halides is 3. The highest BCUT2D eigenvalue weighted by Crippen LogP contribution is 2.29. The van der Waals surface area contributed by atoms with Gasteiger partial charge in [0.15, 0.2) is 0 Å². The number of aliphatic carboxylic acids is 1. The molecule has 2 rings (SSSR count). The molecular weight excluding hydrogens is 461 g/mol. The summed E-state index contributed by atoms with van der Waals surface area (Å²) < 4.78 is 43.0. The van der Waals surface area contributed by atoms with Crippen LogP contribution < -0.4 is 5.32 Å². The smallest absolute Gasteiger partial charge is 0.416 e. The van der Waals surface area contributed by atoms with Gasteiger partial charge in [-0.15, -0.1) is 0 Å². The summed E-state index contributed by atoms with van der Waals surface area (Å²) in [5.74, 6) is -4.15. The van der Waals surface area contributed by atoms with Gasteiger partial charge in [-0.2, -0.15) is 13.2 Å². The molecule has 9 nitrogen and oxygen atoms in total. The molecule has 0 fully saturated rings. The fourth-order valence-electron chi connectivity index (χ4n) is 3.23. The molecule has 34 heavy (non-hydrogen) atoms. The van der Waals surface area contributed by atoms with Crippen molar-refractivity contribution in [2.45, 2.75) is 37.9 Å². The number of nitrogens with zero attached hydrogens (tertiary/aromatic N) is 1. The van der Waals surface area contributed by atoms with Gasteiger partial charge in [-0.3, -0.25) is 19.7 Å². The summed E-state index contributed by atoms with van der Waals surface area (Å²) >= 11 is 0. The zero-order chi connectivity index (χ0) is 25.5. The van der Waals surface area contributed by atoms with Crippen LogP contribution >= 0.6 is 0 Å². The van der Waals surface area contributed by atoms with E-state index in [4.69, 9.17) is 4.74 Å². The molecule has 0 spiro atoms. The average Bonchev–Trinajstić information content (AvgIpc) is 2.76. The molecule has 0 aliphatic rings. The van der Waals surface area contributed by atoms with Crippen LogP contribution in [0.4, 0.5) is 18.9 Å². The lowest BCUT2D eigenvalue weighted by molar-refractivity contribution is -0.384. The molecule has 182 valence electrons. The summed E-state index contributed by atoms with van der Waals surface area (Å²) in [6, 6.07) is 7.02. The SMILES string of the molecule is CCOC(=O)C[C@@H](c1ccc([N+](=O)[O-])cc1)[C@H](NC(=O)Cc1ccc(C(F)(F)F)cc1)C(=O)O. The van der Waals surface area contributed by atoms with Crippen LogP contribution in [-0.4, -0.2) is 40.5 Å². The van der Waals surface area contributed by atoms with Crippen molar-refractivity contribution >= 4 is 23.5 Å². The van der Waals surface area contributed by atoms with Gasteiger partial charge in [0.1, 0.15) is 6.04 Å². The van der Waals surface area contributed by atoms with Crippen LogP contribution in [0.1, 0.15) is 36.0 Å². The largest absolute Gasteiger partial charge is 0.480 e. The van der Waals surface area contributed by atoms with Crippen molar-refractivity contribution in [1.82, 2.24) is 5.32 Å². The Kier molecular flexibility index (Phi) is 8.70. The summed E-state index contributed by atoms with van der Waals surface area (Å²) in [5.41, 5.74) is -0.697. The van der Waals surface area contributed by atoms with Crippen LogP contribution in [0.2, 0.25) is 0 Å². The minimum absolute atomic E-state index is 0.0316. The lowest BCUT2D eigenvalue weighted by Gasteiger charge is -2.25. The number of amides is 1. The Morgan fingerprint density at radius 3 is 2.15 bits per heavy atom. The van der Waals surface area contributed by atoms with E-state index in [1.807, 2.05) is 0 Å². The molecule has 0 unspecified atom stereocenters. The number of carbonyl (C=O) groups is 3. The van der Waals surface area contributed by atoms with E-state index in [1.165, 1.54) is 12.1 Å². The molecule has 2 aromatic carbocycles. The number of benzene rings is 2. The highest BCUT2D eigenvalue weighted by molar-refractivity contribution is 5.86. The van der Waals surface area contributed by atoms with E-state index in [0.29, 0.717) is 0 Å². The molecule has 2 aromatic rings. The Hall–Kier alpha value is -3.96. The first kappa shape index (κ1) is 26.3. The van der Waals surface area contributed by atoms with Gasteiger partial charge >= 0.3 is 18.1 Å². The molecule has 0 heterocycles. The van der Waals surface area contributed by atoms with Gasteiger partial charge in [0.25, 0.3) is 5.69 Å². The summed E-state index contributed by atoms with van der Waals surface area (Å²) in [5, 5.41) is 22.9. The number of ether oxygens (including phenoxy) is 1. The van der Waals surface area contributed by atoms with E-state index in [-0.39, 0.29) is 23.4 Å². The van der Waals surface area contributed by atoms with Crippen molar-refractivity contribution in [1.29, 1.82) is 0 Å². The number of non-ortho nitro benzene ring substituents is 1. The molecule has 0 saturated heterocycles. The van der Waals surface area contributed by atoms with Crippen molar-refractivity contribution in [2.24, 2.45) is 0 Å². The van der Waals surface area contributed by atoms with Gasteiger partial charge in [-0.25, -0.2) is 4.79 Å². The van der Waals surface area contributed by atoms with Gasteiger partial charge in [0.2, 0.25) is 5.91 Å². The standard InChI is InChI=1S/C22H21F3N2O7/c1-2-34-19(29)12-17(14-5-9-16(10-6-14)27(32)33)20(21(30)31)26-18(28)11-13-3-7-15(8-4-13)22(23,24)25/h3-10,17,20H,2,11-12H2,1H3,(H,26,28)(H,30,31)/t17-,20-/m0/s1. The number of halogens is 3. The molecular formula is C22H21F3N2O7. The quantitative estimate of drug-likeness (QED) is 0.301. The number of nitro benzene ring substituents is 1. The minimum Gasteiger partial charge on any atom is -0.480 e. The first-order valence-electron chi connectivity index (χ1n) is 10.0. The molecule has 12 heteroatoms. The van der Waals surface area contributed by atoms with Crippen molar-refractivity contribution in [3.63, 3.8) is 0 Å². The highest BCUT2D eigenvalue weighted by Gasteiger charge is 2.34. The van der Waals surface area contributed by atoms with Gasteiger partial charge in [-0.05, 0) is 30.2 Å². The van der Waals surface area contributed by atoms with Crippen LogP contribution in [-0.2, 0) is 31.7 Å². The summed E-state index contributed by atoms with van der Waals surface area (Å²) in [4.78, 5) is 46.8. The third-order valence-corrected chi connectivity index (χ3v) is 4.85. The van der Waals surface area contributed by atoms with E-state index >= 15 is 0 Å². The third kappa shape index (κ3) is 7.29. The first-order chi connectivity index (χ1) is 15.9. The van der Waals surface area contributed by atoms with Crippen LogP contribution in [0.5, 0.6) is 0 Å². The Morgan fingerprint density at radius 2 is 1.68 bits per heavy atom. The molecule has 2 atom stereocenters. The number of hydrogen-bond donors (Lipinski definition) is 2. The Morgan fingerprint density at radius 1 is 1.09 bits per heavy atom. The van der Waals surface area contributed by atoms with Crippen LogP contribution in [0.25, 0.3) is 0 Å². The van der Waals surface area contributed by atoms with Crippen molar-refractivity contribution in [3.8, 4) is 0 Å². The summed E-state index contributed by atoms with van der Waals surface area (Å²) in [6.45, 7) is 1.59. The van der Waals surface area contributed by atoms with Crippen molar-refractivity contribution < 1.29 is 42.3 Å². The molecule has 0 aliphatic carbocycles. The fraction of sp³-hybridized carbons (Fsp3) is 0.318. The number of carbonyl (C=O) groups excluding carboxylic acids is 2. The number of hydrogen-bond acceptors (Lipinski definition) is 6. The molecule has 0 aromatic heterocycles. The van der Waals surface area contributed by atoms with Crippen LogP contribution in [0.15, 0.2) is 48.5 Å². The van der Waals surface area contributed by atoms with Gasteiger partial charge in [0, 0.05) is 18.1 Å². The van der Waals surface area contributed by atoms with E-state index < -0.39 is 59.3 Å². The maximum Gasteiger partial charge on any atom is 0.416 e. The molecule has 0 bridgehead atoms. The first-order valence-corrected chi connectivity index (χ1v) is 10.0.